The van der Waals surface area contributed by atoms with E-state index in [1.165, 1.54) is 22.3 Å². The van der Waals surface area contributed by atoms with Gasteiger partial charge in [0.1, 0.15) is 5.75 Å². The summed E-state index contributed by atoms with van der Waals surface area (Å²) >= 11 is 0. The second-order valence-electron chi connectivity index (χ2n) is 9.23. The van der Waals surface area contributed by atoms with E-state index in [0.29, 0.717) is 5.75 Å². The van der Waals surface area contributed by atoms with E-state index in [2.05, 4.69) is 107 Å². The highest BCUT2D eigenvalue weighted by molar-refractivity contribution is 5.78. The minimum absolute atomic E-state index is 0.236. The highest BCUT2D eigenvalue weighted by Crippen LogP contribution is 2.48. The maximum Gasteiger partial charge on any atom is 0.123 e. The zero-order valence-corrected chi connectivity index (χ0v) is 18.8. The van der Waals surface area contributed by atoms with Gasteiger partial charge in [-0.3, -0.25) is 0 Å². The number of hydrogen-bond acceptors (Lipinski definition) is 1. The van der Waals surface area contributed by atoms with Gasteiger partial charge in [0.05, 0.1) is 0 Å². The number of rotatable bonds is 5. The van der Waals surface area contributed by atoms with Crippen LogP contribution in [0.2, 0.25) is 0 Å². The van der Waals surface area contributed by atoms with E-state index >= 15 is 0 Å². The van der Waals surface area contributed by atoms with Crippen LogP contribution < -0.4 is 0 Å². The fourth-order valence-electron chi connectivity index (χ4n) is 4.67. The van der Waals surface area contributed by atoms with Crippen molar-refractivity contribution in [2.45, 2.75) is 38.5 Å². The highest BCUT2D eigenvalue weighted by atomic mass is 16.3. The molecule has 0 bridgehead atoms. The third-order valence-electron chi connectivity index (χ3n) is 6.54. The molecule has 0 spiro atoms. The summed E-state index contributed by atoms with van der Waals surface area (Å²) in [6.45, 7) is 9.06. The van der Waals surface area contributed by atoms with Gasteiger partial charge in [-0.25, -0.2) is 0 Å². The number of phenolic OH excluding ortho intramolecular Hbond substituents is 1. The van der Waals surface area contributed by atoms with Gasteiger partial charge in [0.15, 0.2) is 0 Å². The van der Waals surface area contributed by atoms with Crippen LogP contribution in [0.5, 0.6) is 5.75 Å². The number of aromatic hydroxyl groups is 1. The normalized spacial score (nSPS) is 12.0. The molecule has 4 rings (SSSR count). The lowest BCUT2D eigenvalue weighted by Gasteiger charge is -2.37. The molecule has 0 amide bonds. The lowest BCUT2D eigenvalue weighted by atomic mass is 9.66. The number of benzene rings is 4. The average Bonchev–Trinajstić information content (AvgIpc) is 2.80. The molecule has 4 aromatic rings. The van der Waals surface area contributed by atoms with Crippen molar-refractivity contribution in [3.8, 4) is 16.9 Å². The van der Waals surface area contributed by atoms with Crippen LogP contribution in [0, 0.1) is 0 Å². The fourth-order valence-corrected chi connectivity index (χ4v) is 4.67. The predicted octanol–water partition coefficient (Wildman–Crippen LogP) is 7.71. The SMILES string of the molecule is CC(C)(c1ccccc1)c1ccc(O)c(-c2ccccc2)c1C(C)(C)c1ccccc1. The lowest BCUT2D eigenvalue weighted by Crippen LogP contribution is -2.29. The van der Waals surface area contributed by atoms with E-state index in [4.69, 9.17) is 0 Å². The molecule has 0 saturated carbocycles. The summed E-state index contributed by atoms with van der Waals surface area (Å²) < 4.78 is 0. The quantitative estimate of drug-likeness (QED) is 0.360. The topological polar surface area (TPSA) is 20.2 Å². The largest absolute Gasteiger partial charge is 0.507 e. The second kappa shape index (κ2) is 8.07. The van der Waals surface area contributed by atoms with E-state index in [1.807, 2.05) is 24.3 Å². The first-order valence-corrected chi connectivity index (χ1v) is 10.9. The first kappa shape index (κ1) is 20.9. The molecule has 0 aromatic heterocycles. The molecular weight excluding hydrogens is 376 g/mol. The van der Waals surface area contributed by atoms with Crippen LogP contribution in [0.25, 0.3) is 11.1 Å². The first-order valence-electron chi connectivity index (χ1n) is 10.9. The van der Waals surface area contributed by atoms with Crippen LogP contribution in [-0.2, 0) is 10.8 Å². The van der Waals surface area contributed by atoms with Crippen molar-refractivity contribution in [1.82, 2.24) is 0 Å². The zero-order chi connectivity index (χ0) is 22.1. The van der Waals surface area contributed by atoms with Gasteiger partial charge in [-0.05, 0) is 33.9 Å². The molecule has 31 heavy (non-hydrogen) atoms. The molecule has 0 aliphatic heterocycles. The van der Waals surface area contributed by atoms with Crippen molar-refractivity contribution in [3.63, 3.8) is 0 Å². The van der Waals surface area contributed by atoms with Crippen LogP contribution >= 0.6 is 0 Å². The molecule has 4 aromatic carbocycles. The van der Waals surface area contributed by atoms with Gasteiger partial charge < -0.3 is 5.11 Å². The molecule has 1 heteroatoms. The Morgan fingerprint density at radius 2 is 0.968 bits per heavy atom. The Hall–Kier alpha value is -3.32. The lowest BCUT2D eigenvalue weighted by molar-refractivity contribution is 0.472. The fraction of sp³-hybridized carbons (Fsp3) is 0.200. The minimum atomic E-state index is -0.313. The molecule has 0 radical (unpaired) electrons. The Kier molecular flexibility index (Phi) is 5.45. The molecule has 0 saturated heterocycles. The average molecular weight is 407 g/mol. The Morgan fingerprint density at radius 1 is 0.516 bits per heavy atom. The van der Waals surface area contributed by atoms with Crippen LogP contribution in [0.3, 0.4) is 0 Å². The van der Waals surface area contributed by atoms with Crippen molar-refractivity contribution in [1.29, 1.82) is 0 Å². The second-order valence-corrected chi connectivity index (χ2v) is 9.23. The maximum absolute atomic E-state index is 11.1. The van der Waals surface area contributed by atoms with Gasteiger partial charge >= 0.3 is 0 Å². The summed E-state index contributed by atoms with van der Waals surface area (Å²) in [6, 6.07) is 35.4. The molecule has 0 aliphatic carbocycles. The molecule has 1 N–H and O–H groups in total. The van der Waals surface area contributed by atoms with E-state index < -0.39 is 0 Å². The van der Waals surface area contributed by atoms with Crippen LogP contribution in [0.4, 0.5) is 0 Å². The summed E-state index contributed by atoms with van der Waals surface area (Å²) in [5.41, 5.74) is 6.27. The Balaban J connectivity index is 2.08. The third kappa shape index (κ3) is 3.77. The zero-order valence-electron chi connectivity index (χ0n) is 18.8. The van der Waals surface area contributed by atoms with Gasteiger partial charge in [-0.15, -0.1) is 0 Å². The van der Waals surface area contributed by atoms with Crippen molar-refractivity contribution in [3.05, 3.63) is 125 Å². The summed E-state index contributed by atoms with van der Waals surface area (Å²) in [7, 11) is 0. The molecule has 1 nitrogen and oxygen atoms in total. The van der Waals surface area contributed by atoms with Crippen molar-refractivity contribution < 1.29 is 5.11 Å². The molecule has 0 fully saturated rings. The van der Waals surface area contributed by atoms with Crippen LogP contribution in [-0.4, -0.2) is 5.11 Å². The van der Waals surface area contributed by atoms with Crippen molar-refractivity contribution >= 4 is 0 Å². The molecule has 0 heterocycles. The van der Waals surface area contributed by atoms with Gasteiger partial charge in [0.2, 0.25) is 0 Å². The number of hydrogen-bond donors (Lipinski definition) is 1. The summed E-state index contributed by atoms with van der Waals surface area (Å²) in [6.07, 6.45) is 0. The molecule has 0 unspecified atom stereocenters. The van der Waals surface area contributed by atoms with Gasteiger partial charge in [0, 0.05) is 16.4 Å². The van der Waals surface area contributed by atoms with Crippen LogP contribution in [0.1, 0.15) is 49.9 Å². The van der Waals surface area contributed by atoms with E-state index in [-0.39, 0.29) is 10.8 Å². The molecular formula is C30H30O. The monoisotopic (exact) mass is 406 g/mol. The molecule has 0 aliphatic rings. The standard InChI is InChI=1S/C30H30O/c1-29(2,23-16-10-6-11-17-23)25-20-21-26(31)27(22-14-8-5-9-15-22)28(25)30(3,4)24-18-12-7-13-19-24/h5-21,31H,1-4H3. The van der Waals surface area contributed by atoms with Crippen molar-refractivity contribution in [2.75, 3.05) is 0 Å². The van der Waals surface area contributed by atoms with E-state index in [1.54, 1.807) is 0 Å². The minimum Gasteiger partial charge on any atom is -0.507 e. The highest BCUT2D eigenvalue weighted by Gasteiger charge is 2.36. The molecule has 156 valence electrons. The number of phenols is 1. The maximum atomic E-state index is 11.1. The van der Waals surface area contributed by atoms with Crippen molar-refractivity contribution in [2.24, 2.45) is 0 Å². The van der Waals surface area contributed by atoms with Gasteiger partial charge in [-0.2, -0.15) is 0 Å². The van der Waals surface area contributed by atoms with Gasteiger partial charge in [0.25, 0.3) is 0 Å². The summed E-state index contributed by atoms with van der Waals surface area (Å²) in [4.78, 5) is 0. The summed E-state index contributed by atoms with van der Waals surface area (Å²) in [5.74, 6) is 0.317. The smallest absolute Gasteiger partial charge is 0.123 e. The first-order chi connectivity index (χ1) is 14.8. The predicted molar refractivity (Wildman–Crippen MR) is 131 cm³/mol. The summed E-state index contributed by atoms with van der Waals surface area (Å²) in [5, 5.41) is 11.1. The third-order valence-corrected chi connectivity index (χ3v) is 6.54. The van der Waals surface area contributed by atoms with E-state index in [9.17, 15) is 5.11 Å². The Morgan fingerprint density at radius 3 is 1.48 bits per heavy atom. The van der Waals surface area contributed by atoms with E-state index in [0.717, 1.165) is 11.1 Å². The Bertz CT molecular complexity index is 1160. The Labute approximate surface area is 186 Å². The van der Waals surface area contributed by atoms with Gasteiger partial charge in [-0.1, -0.05) is 125 Å². The molecule has 0 atom stereocenters. The van der Waals surface area contributed by atoms with Crippen LogP contribution in [0.15, 0.2) is 103 Å².